The van der Waals surface area contributed by atoms with E-state index in [4.69, 9.17) is 4.74 Å². The number of anilines is 2. The number of nitrogens with one attached hydrogen (secondary N) is 3. The van der Waals surface area contributed by atoms with Gasteiger partial charge in [-0.15, -0.1) is 24.8 Å². The van der Waals surface area contributed by atoms with E-state index in [0.29, 0.717) is 17.1 Å². The molecule has 1 aliphatic rings. The fourth-order valence-electron chi connectivity index (χ4n) is 2.80. The zero-order valence-electron chi connectivity index (χ0n) is 14.5. The first-order valence-electron chi connectivity index (χ1n) is 8.14. The molecule has 2 aromatic rings. The Balaban J connectivity index is 0.00000169. The zero-order valence-corrected chi connectivity index (χ0v) is 16.2. The number of hydrogen-bond acceptors (Lipinski definition) is 5. The van der Waals surface area contributed by atoms with Gasteiger partial charge in [0.1, 0.15) is 11.6 Å². The average Bonchev–Trinajstić information content (AvgIpc) is 2.63. The molecule has 26 heavy (non-hydrogen) atoms. The minimum absolute atomic E-state index is 0. The highest BCUT2D eigenvalue weighted by Gasteiger charge is 2.19. The Morgan fingerprint density at radius 1 is 1.23 bits per heavy atom. The molecule has 0 radical (unpaired) electrons. The highest BCUT2D eigenvalue weighted by Crippen LogP contribution is 2.27. The van der Waals surface area contributed by atoms with E-state index in [1.165, 1.54) is 0 Å². The van der Waals surface area contributed by atoms with E-state index in [9.17, 15) is 4.79 Å². The number of para-hydroxylation sites is 2. The van der Waals surface area contributed by atoms with Crippen LogP contribution >= 0.6 is 24.8 Å². The third-order valence-electron chi connectivity index (χ3n) is 4.04. The van der Waals surface area contributed by atoms with Crippen LogP contribution in [0.5, 0.6) is 5.75 Å². The molecule has 1 aliphatic heterocycles. The van der Waals surface area contributed by atoms with Crippen molar-refractivity contribution in [2.75, 3.05) is 25.5 Å². The number of pyridine rings is 1. The molecular formula is C18H24Cl2N4O2. The van der Waals surface area contributed by atoms with Crippen LogP contribution in [0.3, 0.4) is 0 Å². The van der Waals surface area contributed by atoms with Crippen LogP contribution in [-0.4, -0.2) is 37.1 Å². The van der Waals surface area contributed by atoms with Gasteiger partial charge >= 0.3 is 0 Å². The predicted molar refractivity (Wildman–Crippen MR) is 108 cm³/mol. The summed E-state index contributed by atoms with van der Waals surface area (Å²) >= 11 is 0. The van der Waals surface area contributed by atoms with Crippen LogP contribution in [0, 0.1) is 0 Å². The lowest BCUT2D eigenvalue weighted by Gasteiger charge is -2.24. The van der Waals surface area contributed by atoms with Gasteiger partial charge in [0.15, 0.2) is 0 Å². The molecule has 1 aromatic heterocycles. The largest absolute Gasteiger partial charge is 0.495 e. The number of piperidine rings is 1. The molecule has 1 fully saturated rings. The molecule has 1 atom stereocenters. The lowest BCUT2D eigenvalue weighted by Crippen LogP contribution is -2.45. The molecule has 0 spiro atoms. The van der Waals surface area contributed by atoms with Crippen molar-refractivity contribution in [1.82, 2.24) is 15.6 Å². The number of aromatic nitrogens is 1. The molecule has 3 N–H and O–H groups in total. The Bertz CT molecular complexity index is 709. The van der Waals surface area contributed by atoms with Gasteiger partial charge in [-0.05, 0) is 43.7 Å². The van der Waals surface area contributed by atoms with Crippen molar-refractivity contribution in [3.8, 4) is 5.75 Å². The Labute approximate surface area is 165 Å². The number of amides is 1. The monoisotopic (exact) mass is 398 g/mol. The van der Waals surface area contributed by atoms with Gasteiger partial charge in [-0.25, -0.2) is 4.98 Å². The molecule has 2 heterocycles. The topological polar surface area (TPSA) is 75.3 Å². The van der Waals surface area contributed by atoms with Crippen molar-refractivity contribution in [1.29, 1.82) is 0 Å². The van der Waals surface area contributed by atoms with E-state index >= 15 is 0 Å². The number of hydrogen-bond donors (Lipinski definition) is 3. The van der Waals surface area contributed by atoms with E-state index < -0.39 is 0 Å². The van der Waals surface area contributed by atoms with Gasteiger partial charge in [0.25, 0.3) is 5.91 Å². The number of benzene rings is 1. The molecular weight excluding hydrogens is 375 g/mol. The minimum atomic E-state index is -0.116. The quantitative estimate of drug-likeness (QED) is 0.720. The predicted octanol–water partition coefficient (Wildman–Crippen LogP) is 3.16. The molecule has 8 heteroatoms. The van der Waals surface area contributed by atoms with Gasteiger partial charge < -0.3 is 20.7 Å². The number of carbonyl (C=O) groups excluding carboxylic acids is 1. The molecule has 1 aromatic carbocycles. The normalized spacial score (nSPS) is 15.8. The average molecular weight is 399 g/mol. The van der Waals surface area contributed by atoms with E-state index in [2.05, 4.69) is 20.9 Å². The van der Waals surface area contributed by atoms with Gasteiger partial charge in [-0.2, -0.15) is 0 Å². The van der Waals surface area contributed by atoms with E-state index in [-0.39, 0.29) is 36.8 Å². The summed E-state index contributed by atoms with van der Waals surface area (Å²) in [5, 5.41) is 9.57. The molecule has 6 nitrogen and oxygen atoms in total. The SMILES string of the molecule is COc1ccccc1Nc1ncccc1C(=O)N[C@H]1CCCNC1.Cl.Cl. The van der Waals surface area contributed by atoms with Gasteiger partial charge in [-0.3, -0.25) is 4.79 Å². The smallest absolute Gasteiger partial charge is 0.255 e. The first-order chi connectivity index (χ1) is 11.8. The highest BCUT2D eigenvalue weighted by atomic mass is 35.5. The van der Waals surface area contributed by atoms with Crippen molar-refractivity contribution in [3.05, 3.63) is 48.2 Å². The summed E-state index contributed by atoms with van der Waals surface area (Å²) < 4.78 is 5.34. The van der Waals surface area contributed by atoms with Gasteiger partial charge in [-0.1, -0.05) is 12.1 Å². The second-order valence-electron chi connectivity index (χ2n) is 5.74. The number of halogens is 2. The number of ether oxygens (including phenoxy) is 1. The summed E-state index contributed by atoms with van der Waals surface area (Å²) in [5.74, 6) is 1.10. The number of methoxy groups -OCH3 is 1. The van der Waals surface area contributed by atoms with Crippen LogP contribution in [0.2, 0.25) is 0 Å². The highest BCUT2D eigenvalue weighted by molar-refractivity contribution is 5.99. The maximum atomic E-state index is 12.6. The Kier molecular flexibility index (Phi) is 9.19. The fraction of sp³-hybridized carbons (Fsp3) is 0.333. The molecule has 0 aliphatic carbocycles. The second-order valence-corrected chi connectivity index (χ2v) is 5.74. The molecule has 142 valence electrons. The van der Waals surface area contributed by atoms with Crippen LogP contribution in [0.15, 0.2) is 42.6 Å². The lowest BCUT2D eigenvalue weighted by atomic mass is 10.1. The van der Waals surface area contributed by atoms with Crippen LogP contribution < -0.4 is 20.7 Å². The third-order valence-corrected chi connectivity index (χ3v) is 4.04. The Hall–Kier alpha value is -2.02. The van der Waals surface area contributed by atoms with Crippen molar-refractivity contribution in [2.45, 2.75) is 18.9 Å². The molecule has 3 rings (SSSR count). The molecule has 0 bridgehead atoms. The lowest BCUT2D eigenvalue weighted by molar-refractivity contribution is 0.0931. The minimum Gasteiger partial charge on any atom is -0.495 e. The second kappa shape index (κ2) is 10.9. The Morgan fingerprint density at radius 3 is 2.77 bits per heavy atom. The third kappa shape index (κ3) is 5.49. The van der Waals surface area contributed by atoms with Crippen LogP contribution in [-0.2, 0) is 0 Å². The van der Waals surface area contributed by atoms with Crippen LogP contribution in [0.25, 0.3) is 0 Å². The molecule has 0 unspecified atom stereocenters. The summed E-state index contributed by atoms with van der Waals surface area (Å²) in [4.78, 5) is 16.9. The summed E-state index contributed by atoms with van der Waals surface area (Å²) in [6.45, 7) is 1.82. The van der Waals surface area contributed by atoms with Gasteiger partial charge in [0, 0.05) is 18.8 Å². The van der Waals surface area contributed by atoms with Gasteiger partial charge in [0.2, 0.25) is 0 Å². The van der Waals surface area contributed by atoms with E-state index in [1.807, 2.05) is 24.3 Å². The standard InChI is InChI=1S/C18H22N4O2.2ClH/c1-24-16-9-3-2-8-15(16)22-17-14(7-5-11-20-17)18(23)21-13-6-4-10-19-12-13;;/h2-3,5,7-9,11,13,19H,4,6,10,12H2,1H3,(H,20,22)(H,21,23);2*1H/t13-;;/m0../s1. The summed E-state index contributed by atoms with van der Waals surface area (Å²) in [6, 6.07) is 11.2. The molecule has 1 saturated heterocycles. The number of nitrogens with zero attached hydrogens (tertiary/aromatic N) is 1. The van der Waals surface area contributed by atoms with E-state index in [1.54, 1.807) is 25.4 Å². The number of carbonyl (C=O) groups is 1. The Morgan fingerprint density at radius 2 is 2.04 bits per heavy atom. The van der Waals surface area contributed by atoms with Crippen molar-refractivity contribution in [2.24, 2.45) is 0 Å². The summed E-state index contributed by atoms with van der Waals surface area (Å²) in [5.41, 5.74) is 1.29. The molecule has 0 saturated carbocycles. The fourth-order valence-corrected chi connectivity index (χ4v) is 2.80. The maximum Gasteiger partial charge on any atom is 0.255 e. The maximum absolute atomic E-state index is 12.6. The first kappa shape index (κ1) is 22.0. The summed E-state index contributed by atoms with van der Waals surface area (Å²) in [6.07, 6.45) is 3.73. The van der Waals surface area contributed by atoms with Crippen LogP contribution in [0.1, 0.15) is 23.2 Å². The molecule has 1 amide bonds. The zero-order chi connectivity index (χ0) is 16.8. The van der Waals surface area contributed by atoms with Crippen molar-refractivity contribution in [3.63, 3.8) is 0 Å². The van der Waals surface area contributed by atoms with Crippen molar-refractivity contribution >= 4 is 42.2 Å². The van der Waals surface area contributed by atoms with E-state index in [0.717, 1.165) is 31.6 Å². The van der Waals surface area contributed by atoms with Gasteiger partial charge in [0.05, 0.1) is 18.4 Å². The van der Waals surface area contributed by atoms with Crippen molar-refractivity contribution < 1.29 is 9.53 Å². The summed E-state index contributed by atoms with van der Waals surface area (Å²) in [7, 11) is 1.61. The number of rotatable bonds is 5. The van der Waals surface area contributed by atoms with Crippen LogP contribution in [0.4, 0.5) is 11.5 Å². The first-order valence-corrected chi connectivity index (χ1v) is 8.14.